The molecule has 0 heterocycles. The topological polar surface area (TPSA) is 40.5 Å². The molecule has 32 heavy (non-hydrogen) atoms. The largest absolute Gasteiger partial charge is 0.377 e. The first-order valence-corrected chi connectivity index (χ1v) is 13.2. The maximum absolute atomic E-state index is 9.23. The Morgan fingerprint density at radius 3 is 1.22 bits per heavy atom. The highest BCUT2D eigenvalue weighted by atomic mass is 16.3. The van der Waals surface area contributed by atoms with Crippen LogP contribution < -0.4 is 0 Å². The van der Waals surface area contributed by atoms with Gasteiger partial charge >= 0.3 is 0 Å². The Morgan fingerprint density at radius 2 is 0.875 bits per heavy atom. The second-order valence-corrected chi connectivity index (χ2v) is 9.29. The van der Waals surface area contributed by atoms with E-state index in [0.29, 0.717) is 0 Å². The average Bonchev–Trinajstić information content (AvgIpc) is 2.80. The van der Waals surface area contributed by atoms with E-state index in [1.54, 1.807) is 12.2 Å². The first kappa shape index (κ1) is 30.5. The molecule has 2 nitrogen and oxygen atoms in total. The van der Waals surface area contributed by atoms with Crippen LogP contribution in [0.5, 0.6) is 0 Å². The molecule has 0 aliphatic heterocycles. The van der Waals surface area contributed by atoms with Crippen LogP contribution in [0.3, 0.4) is 0 Å². The lowest BCUT2D eigenvalue weighted by atomic mass is 9.95. The van der Waals surface area contributed by atoms with Crippen molar-refractivity contribution in [3.63, 3.8) is 0 Å². The van der Waals surface area contributed by atoms with Crippen LogP contribution in [0, 0.1) is 30.6 Å². The molecule has 0 aliphatic carbocycles. The van der Waals surface area contributed by atoms with Gasteiger partial charge in [0.1, 0.15) is 12.2 Å². The molecule has 0 fully saturated rings. The van der Waals surface area contributed by atoms with Crippen LogP contribution in [-0.4, -0.2) is 22.4 Å². The predicted octanol–water partition coefficient (Wildman–Crippen LogP) is 7.74. The standard InChI is InChI=1S/C30H50O2/c1-4-29(31)26-22-18-14-9-7-6-8-12-16-20-24-28(3)25-21-17-13-10-11-15-19-23-27-30(32)5-2/h1-2,22-23,26-32H,6-21,24-25H2,3H3. The number of allylic oxidation sites excluding steroid dienone is 2. The van der Waals surface area contributed by atoms with Crippen molar-refractivity contribution in [3.8, 4) is 24.7 Å². The molecule has 2 N–H and O–H groups in total. The highest BCUT2D eigenvalue weighted by Crippen LogP contribution is 2.19. The third-order valence-corrected chi connectivity index (χ3v) is 6.11. The predicted molar refractivity (Wildman–Crippen MR) is 140 cm³/mol. The van der Waals surface area contributed by atoms with E-state index >= 15 is 0 Å². The van der Waals surface area contributed by atoms with Gasteiger partial charge in [-0.1, -0.05) is 121 Å². The number of aliphatic hydroxyl groups is 2. The van der Waals surface area contributed by atoms with Gasteiger partial charge < -0.3 is 10.2 Å². The molecule has 0 saturated carbocycles. The summed E-state index contributed by atoms with van der Waals surface area (Å²) in [7, 11) is 0. The van der Waals surface area contributed by atoms with Crippen molar-refractivity contribution in [2.75, 3.05) is 0 Å². The van der Waals surface area contributed by atoms with E-state index in [1.165, 1.54) is 103 Å². The van der Waals surface area contributed by atoms with Gasteiger partial charge in [0, 0.05) is 0 Å². The molecule has 0 aliphatic rings. The molecule has 0 saturated heterocycles. The molecule has 0 aromatic carbocycles. The normalized spacial score (nSPS) is 14.4. The summed E-state index contributed by atoms with van der Waals surface area (Å²) in [6, 6.07) is 0. The quantitative estimate of drug-likeness (QED) is 0.102. The van der Waals surface area contributed by atoms with Gasteiger partial charge in [-0.25, -0.2) is 0 Å². The maximum atomic E-state index is 9.23. The number of terminal acetylenes is 2. The SMILES string of the molecule is C#CC(O)C=CCCCCCCCCCCC(C)CCCCCCCCC=CC(O)C#C. The van der Waals surface area contributed by atoms with E-state index in [4.69, 9.17) is 12.8 Å². The Kier molecular flexibility index (Phi) is 23.1. The molecule has 0 bridgehead atoms. The minimum absolute atomic E-state index is 0.719. The molecule has 0 radical (unpaired) electrons. The minimum Gasteiger partial charge on any atom is -0.377 e. The maximum Gasteiger partial charge on any atom is 0.133 e. The van der Waals surface area contributed by atoms with Crippen LogP contribution in [0.4, 0.5) is 0 Å². The second-order valence-electron chi connectivity index (χ2n) is 9.29. The van der Waals surface area contributed by atoms with E-state index in [0.717, 1.165) is 18.8 Å². The molecular formula is C30H50O2. The van der Waals surface area contributed by atoms with Crippen LogP contribution in [-0.2, 0) is 0 Å². The summed E-state index contributed by atoms with van der Waals surface area (Å²) in [6.07, 6.45) is 39.7. The Bertz CT molecular complexity index is 534. The molecule has 2 heteroatoms. The lowest BCUT2D eigenvalue weighted by molar-refractivity contribution is 0.280. The lowest BCUT2D eigenvalue weighted by Crippen LogP contribution is -1.95. The molecular weight excluding hydrogens is 392 g/mol. The van der Waals surface area contributed by atoms with E-state index in [-0.39, 0.29) is 0 Å². The van der Waals surface area contributed by atoms with Crippen LogP contribution >= 0.6 is 0 Å². The van der Waals surface area contributed by atoms with Crippen molar-refractivity contribution in [1.29, 1.82) is 0 Å². The highest BCUT2D eigenvalue weighted by Gasteiger charge is 2.02. The smallest absolute Gasteiger partial charge is 0.133 e. The van der Waals surface area contributed by atoms with Gasteiger partial charge in [0.25, 0.3) is 0 Å². The molecule has 3 unspecified atom stereocenters. The van der Waals surface area contributed by atoms with Crippen molar-refractivity contribution < 1.29 is 10.2 Å². The zero-order valence-corrected chi connectivity index (χ0v) is 20.8. The average molecular weight is 443 g/mol. The van der Waals surface area contributed by atoms with Crippen molar-refractivity contribution in [2.45, 2.75) is 135 Å². The van der Waals surface area contributed by atoms with Crippen molar-refractivity contribution in [3.05, 3.63) is 24.3 Å². The van der Waals surface area contributed by atoms with Gasteiger partial charge in [-0.05, 0) is 43.8 Å². The number of unbranched alkanes of at least 4 members (excludes halogenated alkanes) is 14. The van der Waals surface area contributed by atoms with E-state index in [2.05, 4.69) is 18.8 Å². The molecule has 0 amide bonds. The number of rotatable bonds is 22. The van der Waals surface area contributed by atoms with Gasteiger partial charge in [0.05, 0.1) is 0 Å². The Labute approximate surface area is 200 Å². The second kappa shape index (κ2) is 24.2. The van der Waals surface area contributed by atoms with E-state index < -0.39 is 12.2 Å². The summed E-state index contributed by atoms with van der Waals surface area (Å²) in [5, 5.41) is 18.5. The molecule has 0 aromatic rings. The fraction of sp³-hybridized carbons (Fsp3) is 0.733. The summed E-state index contributed by atoms with van der Waals surface area (Å²) in [5.41, 5.74) is 0. The third-order valence-electron chi connectivity index (χ3n) is 6.11. The van der Waals surface area contributed by atoms with Gasteiger partial charge in [0.15, 0.2) is 0 Å². The van der Waals surface area contributed by atoms with Crippen LogP contribution in [0.1, 0.15) is 122 Å². The fourth-order valence-corrected chi connectivity index (χ4v) is 3.98. The molecule has 0 aromatic heterocycles. The highest BCUT2D eigenvalue weighted by molar-refractivity contribution is 5.06. The van der Waals surface area contributed by atoms with E-state index in [1.807, 2.05) is 12.2 Å². The molecule has 182 valence electrons. The van der Waals surface area contributed by atoms with E-state index in [9.17, 15) is 10.2 Å². The Balaban J connectivity index is 3.28. The first-order chi connectivity index (χ1) is 15.6. The summed E-state index contributed by atoms with van der Waals surface area (Å²) in [6.45, 7) is 2.42. The monoisotopic (exact) mass is 442 g/mol. The van der Waals surface area contributed by atoms with Crippen molar-refractivity contribution >= 4 is 0 Å². The fourth-order valence-electron chi connectivity index (χ4n) is 3.98. The van der Waals surface area contributed by atoms with Crippen LogP contribution in [0.15, 0.2) is 24.3 Å². The minimum atomic E-state index is -0.719. The zero-order valence-electron chi connectivity index (χ0n) is 20.8. The number of hydrogen-bond acceptors (Lipinski definition) is 2. The number of hydrogen-bond donors (Lipinski definition) is 2. The lowest BCUT2D eigenvalue weighted by Gasteiger charge is -2.11. The summed E-state index contributed by atoms with van der Waals surface area (Å²) >= 11 is 0. The van der Waals surface area contributed by atoms with Gasteiger partial charge in [0.2, 0.25) is 0 Å². The number of aliphatic hydroxyl groups excluding tert-OH is 2. The van der Waals surface area contributed by atoms with Crippen molar-refractivity contribution in [2.24, 2.45) is 5.92 Å². The Hall–Kier alpha value is -1.48. The molecule has 0 spiro atoms. The van der Waals surface area contributed by atoms with Crippen LogP contribution in [0.25, 0.3) is 0 Å². The van der Waals surface area contributed by atoms with Crippen molar-refractivity contribution in [1.82, 2.24) is 0 Å². The van der Waals surface area contributed by atoms with Gasteiger partial charge in [-0.15, -0.1) is 12.8 Å². The molecule has 0 rings (SSSR count). The summed E-state index contributed by atoms with van der Waals surface area (Å²) in [5.74, 6) is 5.46. The summed E-state index contributed by atoms with van der Waals surface area (Å²) < 4.78 is 0. The molecule has 3 atom stereocenters. The van der Waals surface area contributed by atoms with Crippen LogP contribution in [0.2, 0.25) is 0 Å². The van der Waals surface area contributed by atoms with Gasteiger partial charge in [-0.2, -0.15) is 0 Å². The summed E-state index contributed by atoms with van der Waals surface area (Å²) in [4.78, 5) is 0. The zero-order chi connectivity index (χ0) is 23.7. The third kappa shape index (κ3) is 23.2. The Morgan fingerprint density at radius 1 is 0.562 bits per heavy atom. The first-order valence-electron chi connectivity index (χ1n) is 13.2. The van der Waals surface area contributed by atoms with Gasteiger partial charge in [-0.3, -0.25) is 0 Å².